The molecule has 0 nitrogen and oxygen atoms in total. The molecule has 0 amide bonds. The number of halogens is 1. The third-order valence-corrected chi connectivity index (χ3v) is 10.6. The molecule has 0 heterocycles. The van der Waals surface area contributed by atoms with E-state index in [0.717, 1.165) is 17.3 Å². The first-order valence-corrected chi connectivity index (χ1v) is 14.0. The Labute approximate surface area is 238 Å². The van der Waals surface area contributed by atoms with Crippen LogP contribution in [0.4, 0.5) is 0 Å². The molecule has 5 aromatic rings. The Morgan fingerprint density at radius 2 is 0.757 bits per heavy atom. The van der Waals surface area contributed by atoms with Crippen LogP contribution in [0.15, 0.2) is 146 Å². The van der Waals surface area contributed by atoms with Crippen LogP contribution < -0.4 is 39.9 Å². The van der Waals surface area contributed by atoms with E-state index >= 15 is 0 Å². The second-order valence-corrected chi connectivity index (χ2v) is 12.0. The maximum Gasteiger partial charge on any atom is 0.116 e. The summed E-state index contributed by atoms with van der Waals surface area (Å²) in [4.78, 5) is 0. The fourth-order valence-electron chi connectivity index (χ4n) is 4.46. The lowest BCUT2D eigenvalue weighted by Crippen LogP contribution is -3.00. The zero-order valence-corrected chi connectivity index (χ0v) is 23.4. The first kappa shape index (κ1) is 26.4. The van der Waals surface area contributed by atoms with Crippen molar-refractivity contribution in [2.75, 3.05) is 0 Å². The van der Waals surface area contributed by atoms with Crippen LogP contribution in [0.25, 0.3) is 0 Å². The largest absolute Gasteiger partial charge is 1.00 e. The van der Waals surface area contributed by atoms with Crippen LogP contribution in [-0.2, 0) is 6.16 Å². The van der Waals surface area contributed by atoms with Gasteiger partial charge in [0.1, 0.15) is 23.2 Å². The molecule has 0 aliphatic heterocycles. The smallest absolute Gasteiger partial charge is 0.116 e. The highest BCUT2D eigenvalue weighted by molar-refractivity contribution is 7.95. The standard InChI is InChI=1S/C35H26P.HI/c1-5-15-30(16-6-1)17-13-14-18-31-25-27-32(28-26-31)29-36(33-19-7-2-8-20-33,34-21-9-3-10-22-34)35-23-11-4-12-24-35;/h1-12,15-16,19-28H,29H2;1H/q+1;/p-1. The van der Waals surface area contributed by atoms with Crippen LogP contribution in [0.1, 0.15) is 16.7 Å². The van der Waals surface area contributed by atoms with Crippen LogP contribution >= 0.6 is 7.26 Å². The Morgan fingerprint density at radius 1 is 0.405 bits per heavy atom. The second kappa shape index (κ2) is 13.1. The van der Waals surface area contributed by atoms with Crippen molar-refractivity contribution in [3.8, 4) is 23.7 Å². The highest BCUT2D eigenvalue weighted by atomic mass is 127. The summed E-state index contributed by atoms with van der Waals surface area (Å²) in [5, 5.41) is 4.17. The molecule has 0 unspecified atom stereocenters. The Hall–Kier alpha value is -3.62. The van der Waals surface area contributed by atoms with Crippen LogP contribution in [0.5, 0.6) is 0 Å². The Morgan fingerprint density at radius 3 is 1.16 bits per heavy atom. The van der Waals surface area contributed by atoms with Gasteiger partial charge in [0.25, 0.3) is 0 Å². The van der Waals surface area contributed by atoms with E-state index in [2.05, 4.69) is 139 Å². The molecule has 0 saturated heterocycles. The van der Waals surface area contributed by atoms with E-state index in [9.17, 15) is 0 Å². The normalized spacial score (nSPS) is 10.2. The molecular formula is C35H26IP. The van der Waals surface area contributed by atoms with E-state index < -0.39 is 7.26 Å². The lowest BCUT2D eigenvalue weighted by atomic mass is 10.1. The molecule has 0 saturated carbocycles. The minimum Gasteiger partial charge on any atom is -1.00 e. The lowest BCUT2D eigenvalue weighted by molar-refractivity contribution is -0.00000688. The van der Waals surface area contributed by atoms with E-state index in [1.165, 1.54) is 21.5 Å². The number of hydrogen-bond acceptors (Lipinski definition) is 0. The fourth-order valence-corrected chi connectivity index (χ4v) is 8.71. The van der Waals surface area contributed by atoms with Gasteiger partial charge in [-0.2, -0.15) is 0 Å². The first-order valence-electron chi connectivity index (χ1n) is 12.1. The molecule has 0 aliphatic rings. The molecule has 178 valence electrons. The van der Waals surface area contributed by atoms with Crippen molar-refractivity contribution in [1.82, 2.24) is 0 Å². The predicted octanol–water partition coefficient (Wildman–Crippen LogP) is 3.59. The molecule has 37 heavy (non-hydrogen) atoms. The second-order valence-electron chi connectivity index (χ2n) is 8.54. The van der Waals surface area contributed by atoms with E-state index in [1.807, 2.05) is 30.3 Å². The SMILES string of the molecule is C(C#Cc1ccc(C[P+](c2ccccc2)(c2ccccc2)c2ccccc2)cc1)#Cc1ccccc1.[I-]. The van der Waals surface area contributed by atoms with Crippen LogP contribution in [0, 0.1) is 23.7 Å². The molecule has 0 aromatic heterocycles. The molecule has 0 atom stereocenters. The van der Waals surface area contributed by atoms with Crippen molar-refractivity contribution >= 4 is 23.2 Å². The van der Waals surface area contributed by atoms with Gasteiger partial charge in [-0.3, -0.25) is 0 Å². The number of hydrogen-bond donors (Lipinski definition) is 0. The molecule has 5 aromatic carbocycles. The minimum atomic E-state index is -1.91. The van der Waals surface area contributed by atoms with E-state index in [0.29, 0.717) is 0 Å². The summed E-state index contributed by atoms with van der Waals surface area (Å²) in [6.45, 7) is 0. The van der Waals surface area contributed by atoms with Crippen molar-refractivity contribution in [2.45, 2.75) is 6.16 Å². The number of benzene rings is 5. The van der Waals surface area contributed by atoms with Crippen LogP contribution in [0.2, 0.25) is 0 Å². The van der Waals surface area contributed by atoms with E-state index in [4.69, 9.17) is 0 Å². The van der Waals surface area contributed by atoms with E-state index in [-0.39, 0.29) is 24.0 Å². The summed E-state index contributed by atoms with van der Waals surface area (Å²) < 4.78 is 0. The van der Waals surface area contributed by atoms with Gasteiger partial charge in [-0.05, 0) is 78.1 Å². The molecule has 0 N–H and O–H groups in total. The molecule has 0 fully saturated rings. The molecule has 0 bridgehead atoms. The lowest BCUT2D eigenvalue weighted by Gasteiger charge is -2.27. The highest BCUT2D eigenvalue weighted by Gasteiger charge is 2.45. The van der Waals surface area contributed by atoms with Gasteiger partial charge in [-0.25, -0.2) is 0 Å². The van der Waals surface area contributed by atoms with Gasteiger partial charge in [-0.1, -0.05) is 96.8 Å². The van der Waals surface area contributed by atoms with Crippen molar-refractivity contribution in [3.63, 3.8) is 0 Å². The maximum atomic E-state index is 3.19. The number of rotatable bonds is 5. The third-order valence-electron chi connectivity index (χ3n) is 6.21. The molecular weight excluding hydrogens is 578 g/mol. The average Bonchev–Trinajstić information content (AvgIpc) is 2.97. The third kappa shape index (κ3) is 6.39. The molecule has 0 aliphatic carbocycles. The Balaban J connectivity index is 0.00000320. The molecule has 2 heteroatoms. The van der Waals surface area contributed by atoms with Gasteiger partial charge >= 0.3 is 0 Å². The van der Waals surface area contributed by atoms with Crippen molar-refractivity contribution in [1.29, 1.82) is 0 Å². The molecule has 5 rings (SSSR count). The van der Waals surface area contributed by atoms with Gasteiger partial charge in [0.15, 0.2) is 0 Å². The molecule has 0 spiro atoms. The van der Waals surface area contributed by atoms with Crippen molar-refractivity contribution in [2.24, 2.45) is 0 Å². The van der Waals surface area contributed by atoms with Crippen LogP contribution in [-0.4, -0.2) is 0 Å². The van der Waals surface area contributed by atoms with Gasteiger partial charge in [0.2, 0.25) is 0 Å². The van der Waals surface area contributed by atoms with Gasteiger partial charge in [0, 0.05) is 11.1 Å². The minimum absolute atomic E-state index is 0. The predicted molar refractivity (Wildman–Crippen MR) is 155 cm³/mol. The fraction of sp³-hybridized carbons (Fsp3) is 0.0286. The summed E-state index contributed by atoms with van der Waals surface area (Å²) >= 11 is 0. The van der Waals surface area contributed by atoms with Crippen LogP contribution in [0.3, 0.4) is 0 Å². The summed E-state index contributed by atoms with van der Waals surface area (Å²) in [5.74, 6) is 12.2. The van der Waals surface area contributed by atoms with Gasteiger partial charge in [0.05, 0.1) is 6.16 Å². The Kier molecular flexibility index (Phi) is 9.35. The summed E-state index contributed by atoms with van der Waals surface area (Å²) in [7, 11) is -1.91. The molecule has 0 radical (unpaired) electrons. The highest BCUT2D eigenvalue weighted by Crippen LogP contribution is 2.58. The summed E-state index contributed by atoms with van der Waals surface area (Å²) in [6.07, 6.45) is 0.951. The van der Waals surface area contributed by atoms with Gasteiger partial charge < -0.3 is 24.0 Å². The summed E-state index contributed by atoms with van der Waals surface area (Å²) in [5.41, 5.74) is 3.26. The Bertz CT molecular complexity index is 1430. The van der Waals surface area contributed by atoms with Crippen molar-refractivity contribution in [3.05, 3.63) is 162 Å². The monoisotopic (exact) mass is 604 g/mol. The topological polar surface area (TPSA) is 0 Å². The van der Waals surface area contributed by atoms with Crippen molar-refractivity contribution < 1.29 is 24.0 Å². The first-order chi connectivity index (χ1) is 17.8. The zero-order chi connectivity index (χ0) is 24.5. The van der Waals surface area contributed by atoms with Gasteiger partial charge in [-0.15, -0.1) is 0 Å². The average molecular weight is 604 g/mol. The zero-order valence-electron chi connectivity index (χ0n) is 20.4. The maximum absolute atomic E-state index is 3.19. The van der Waals surface area contributed by atoms with E-state index in [1.54, 1.807) is 0 Å². The quantitative estimate of drug-likeness (QED) is 0.164. The summed E-state index contributed by atoms with van der Waals surface area (Å²) in [6, 6.07) is 51.6.